The molecule has 0 saturated carbocycles. The molecule has 2 heterocycles. The molecule has 0 spiro atoms. The molecular weight excluding hydrogens is 262 g/mol. The van der Waals surface area contributed by atoms with Crippen molar-refractivity contribution in [1.82, 2.24) is 15.1 Å². The van der Waals surface area contributed by atoms with Crippen LogP contribution in [0.4, 0.5) is 0 Å². The molecule has 0 amide bonds. The van der Waals surface area contributed by atoms with E-state index in [9.17, 15) is 0 Å². The minimum atomic E-state index is 0.681. The van der Waals surface area contributed by atoms with Crippen LogP contribution in [0, 0.1) is 5.92 Å². The second kappa shape index (κ2) is 8.35. The van der Waals surface area contributed by atoms with Gasteiger partial charge in [0.15, 0.2) is 5.82 Å². The van der Waals surface area contributed by atoms with Gasteiger partial charge in [-0.25, -0.2) is 0 Å². The zero-order chi connectivity index (χ0) is 14.9. The zero-order valence-corrected chi connectivity index (χ0v) is 12.7. The van der Waals surface area contributed by atoms with Crippen molar-refractivity contribution in [3.63, 3.8) is 0 Å². The molecule has 2 rings (SSSR count). The Morgan fingerprint density at radius 1 is 1.24 bits per heavy atom. The third kappa shape index (κ3) is 5.50. The van der Waals surface area contributed by atoms with Crippen molar-refractivity contribution in [1.29, 1.82) is 0 Å². The van der Waals surface area contributed by atoms with Crippen LogP contribution in [-0.4, -0.2) is 15.1 Å². The van der Waals surface area contributed by atoms with Gasteiger partial charge in [0.1, 0.15) is 0 Å². The maximum atomic E-state index is 5.30. The van der Waals surface area contributed by atoms with E-state index < -0.39 is 0 Å². The molecule has 0 aliphatic carbocycles. The van der Waals surface area contributed by atoms with Crippen LogP contribution in [0.2, 0.25) is 0 Å². The number of aryl methyl sites for hydroxylation is 3. The lowest BCUT2D eigenvalue weighted by atomic mass is 10.0. The molecule has 0 aromatic carbocycles. The molecule has 4 heteroatoms. The van der Waals surface area contributed by atoms with Crippen molar-refractivity contribution in [2.45, 2.75) is 45.4 Å². The summed E-state index contributed by atoms with van der Waals surface area (Å²) in [5.74, 6) is 2.23. The first kappa shape index (κ1) is 15.4. The summed E-state index contributed by atoms with van der Waals surface area (Å²) < 4.78 is 5.30. The van der Waals surface area contributed by atoms with Crippen molar-refractivity contribution < 1.29 is 4.52 Å². The van der Waals surface area contributed by atoms with Crippen LogP contribution in [0.3, 0.4) is 0 Å². The van der Waals surface area contributed by atoms with Gasteiger partial charge in [-0.1, -0.05) is 18.2 Å². The highest BCUT2D eigenvalue weighted by Crippen LogP contribution is 2.13. The van der Waals surface area contributed by atoms with Gasteiger partial charge in [-0.15, -0.1) is 6.58 Å². The van der Waals surface area contributed by atoms with Gasteiger partial charge >= 0.3 is 0 Å². The normalized spacial score (nSPS) is 12.2. The van der Waals surface area contributed by atoms with E-state index in [1.807, 2.05) is 18.2 Å². The summed E-state index contributed by atoms with van der Waals surface area (Å²) in [6, 6.07) is 4.02. The van der Waals surface area contributed by atoms with E-state index in [2.05, 4.69) is 28.6 Å². The van der Waals surface area contributed by atoms with Crippen LogP contribution >= 0.6 is 0 Å². The largest absolute Gasteiger partial charge is 0.339 e. The molecule has 1 atom stereocenters. The second-order valence-electron chi connectivity index (χ2n) is 5.48. The summed E-state index contributed by atoms with van der Waals surface area (Å²) in [4.78, 5) is 8.46. The van der Waals surface area contributed by atoms with Gasteiger partial charge < -0.3 is 4.52 Å². The quantitative estimate of drug-likeness (QED) is 0.658. The molecule has 112 valence electrons. The first-order valence-electron chi connectivity index (χ1n) is 7.59. The Hall–Kier alpha value is -1.97. The van der Waals surface area contributed by atoms with Crippen LogP contribution in [0.1, 0.15) is 43.5 Å². The molecule has 0 N–H and O–H groups in total. The number of hydrogen-bond acceptors (Lipinski definition) is 4. The molecule has 0 aliphatic rings. The number of allylic oxidation sites excluding steroid dienone is 1. The van der Waals surface area contributed by atoms with Crippen molar-refractivity contribution in [3.8, 4) is 0 Å². The van der Waals surface area contributed by atoms with Crippen LogP contribution in [-0.2, 0) is 19.3 Å². The predicted octanol–water partition coefficient (Wildman–Crippen LogP) is 3.78. The average Bonchev–Trinajstić information content (AvgIpc) is 2.94. The summed E-state index contributed by atoms with van der Waals surface area (Å²) in [6.07, 6.45) is 11.5. The molecule has 21 heavy (non-hydrogen) atoms. The molecule has 0 saturated heterocycles. The number of nitrogens with zero attached hydrogens (tertiary/aromatic N) is 3. The van der Waals surface area contributed by atoms with Crippen LogP contribution in [0.15, 0.2) is 41.7 Å². The van der Waals surface area contributed by atoms with Crippen molar-refractivity contribution >= 4 is 0 Å². The van der Waals surface area contributed by atoms with Gasteiger partial charge in [0, 0.05) is 25.2 Å². The number of aromatic nitrogens is 3. The second-order valence-corrected chi connectivity index (χ2v) is 5.48. The molecule has 0 bridgehead atoms. The van der Waals surface area contributed by atoms with E-state index in [1.165, 1.54) is 12.0 Å². The van der Waals surface area contributed by atoms with Crippen LogP contribution < -0.4 is 0 Å². The highest BCUT2D eigenvalue weighted by molar-refractivity contribution is 5.10. The number of rotatable bonds is 9. The van der Waals surface area contributed by atoms with Crippen LogP contribution in [0.25, 0.3) is 0 Å². The Morgan fingerprint density at radius 2 is 2.05 bits per heavy atom. The maximum absolute atomic E-state index is 5.30. The summed E-state index contributed by atoms with van der Waals surface area (Å²) >= 11 is 0. The minimum absolute atomic E-state index is 0.681. The standard InChI is InChI=1S/C17H23N3O/c1-3-5-14(2)6-4-7-16-19-17(21-20-16)9-8-15-10-12-18-13-11-15/h3,10-14H,1,4-9H2,2H3. The Kier molecular flexibility index (Phi) is 6.13. The average molecular weight is 285 g/mol. The first-order valence-corrected chi connectivity index (χ1v) is 7.59. The fourth-order valence-electron chi connectivity index (χ4n) is 2.30. The number of pyridine rings is 1. The Morgan fingerprint density at radius 3 is 2.81 bits per heavy atom. The molecular formula is C17H23N3O. The summed E-state index contributed by atoms with van der Waals surface area (Å²) in [6.45, 7) is 6.02. The van der Waals surface area contributed by atoms with E-state index in [-0.39, 0.29) is 0 Å². The summed E-state index contributed by atoms with van der Waals surface area (Å²) in [5.41, 5.74) is 1.24. The molecule has 2 aromatic rings. The van der Waals surface area contributed by atoms with Crippen LogP contribution in [0.5, 0.6) is 0 Å². The summed E-state index contributed by atoms with van der Waals surface area (Å²) in [7, 11) is 0. The maximum Gasteiger partial charge on any atom is 0.226 e. The number of hydrogen-bond donors (Lipinski definition) is 0. The molecule has 1 unspecified atom stereocenters. The van der Waals surface area contributed by atoms with Crippen molar-refractivity contribution in [2.75, 3.05) is 0 Å². The predicted molar refractivity (Wildman–Crippen MR) is 82.9 cm³/mol. The lowest BCUT2D eigenvalue weighted by molar-refractivity contribution is 0.371. The van der Waals surface area contributed by atoms with Gasteiger partial charge in [-0.3, -0.25) is 4.98 Å². The fourth-order valence-corrected chi connectivity index (χ4v) is 2.30. The van der Waals surface area contributed by atoms with Gasteiger partial charge in [0.05, 0.1) is 0 Å². The smallest absolute Gasteiger partial charge is 0.226 e. The van der Waals surface area contributed by atoms with E-state index in [1.54, 1.807) is 12.4 Å². The molecule has 4 nitrogen and oxygen atoms in total. The van der Waals surface area contributed by atoms with E-state index in [4.69, 9.17) is 4.52 Å². The Balaban J connectivity index is 1.72. The third-order valence-corrected chi connectivity index (χ3v) is 3.55. The van der Waals surface area contributed by atoms with Crippen molar-refractivity contribution in [3.05, 3.63) is 54.5 Å². The highest BCUT2D eigenvalue weighted by Gasteiger charge is 2.07. The molecule has 2 aromatic heterocycles. The fraction of sp³-hybridized carbons (Fsp3) is 0.471. The molecule has 0 aliphatic heterocycles. The highest BCUT2D eigenvalue weighted by atomic mass is 16.5. The third-order valence-electron chi connectivity index (χ3n) is 3.55. The van der Waals surface area contributed by atoms with E-state index >= 15 is 0 Å². The Labute approximate surface area is 126 Å². The first-order chi connectivity index (χ1) is 10.3. The minimum Gasteiger partial charge on any atom is -0.339 e. The Bertz CT molecular complexity index is 536. The van der Waals surface area contributed by atoms with Gasteiger partial charge in [-0.2, -0.15) is 4.98 Å². The zero-order valence-electron chi connectivity index (χ0n) is 12.7. The van der Waals surface area contributed by atoms with Gasteiger partial charge in [0.25, 0.3) is 0 Å². The van der Waals surface area contributed by atoms with E-state index in [0.29, 0.717) is 5.92 Å². The topological polar surface area (TPSA) is 51.8 Å². The monoisotopic (exact) mass is 285 g/mol. The SMILES string of the molecule is C=CCC(C)CCCc1noc(CCc2ccncc2)n1. The molecule has 0 radical (unpaired) electrons. The van der Waals surface area contributed by atoms with Crippen molar-refractivity contribution in [2.24, 2.45) is 5.92 Å². The molecule has 0 fully saturated rings. The van der Waals surface area contributed by atoms with Gasteiger partial charge in [0.2, 0.25) is 5.89 Å². The van der Waals surface area contributed by atoms with Gasteiger partial charge in [-0.05, 0) is 49.3 Å². The lowest BCUT2D eigenvalue weighted by Crippen LogP contribution is -1.96. The van der Waals surface area contributed by atoms with E-state index in [0.717, 1.165) is 43.8 Å². The summed E-state index contributed by atoms with van der Waals surface area (Å²) in [5, 5.41) is 4.05. The lowest BCUT2D eigenvalue weighted by Gasteiger charge is -2.06.